The fraction of sp³-hybridized carbons (Fsp3) is 0.750. The van der Waals surface area contributed by atoms with Crippen molar-refractivity contribution >= 4 is 24.2 Å². The molecule has 0 aromatic heterocycles. The van der Waals surface area contributed by atoms with Gasteiger partial charge in [-0.15, -0.1) is 0 Å². The third-order valence-corrected chi connectivity index (χ3v) is 2.39. The fourth-order valence-corrected chi connectivity index (χ4v) is 1.72. The summed E-state index contributed by atoms with van der Waals surface area (Å²) in [6, 6.07) is 0. The van der Waals surface area contributed by atoms with Gasteiger partial charge in [-0.1, -0.05) is 22.5 Å². The minimum absolute atomic E-state index is 0.104. The number of alkyl halides is 1. The number of halogens is 1. The Bertz CT molecular complexity index is 152. The van der Waals surface area contributed by atoms with Gasteiger partial charge in [-0.25, -0.2) is 0 Å². The molecule has 0 atom stereocenters. The molecule has 11 heavy (non-hydrogen) atoms. The number of hydrogen-bond donors (Lipinski definition) is 0. The van der Waals surface area contributed by atoms with Crippen molar-refractivity contribution in [3.8, 4) is 0 Å². The Morgan fingerprint density at radius 1 is 1.36 bits per heavy atom. The van der Waals surface area contributed by atoms with E-state index in [1.807, 2.05) is 13.8 Å². The lowest BCUT2D eigenvalue weighted by Crippen LogP contribution is -2.29. The predicted octanol–water partition coefficient (Wildman–Crippen LogP) is 3.53. The van der Waals surface area contributed by atoms with E-state index in [0.29, 0.717) is 0 Å². The average Bonchev–Trinajstić information content (AvgIpc) is 1.56. The Kier molecular flexibility index (Phi) is 3.38. The van der Waals surface area contributed by atoms with Gasteiger partial charge in [0.25, 0.3) is 0 Å². The lowest BCUT2D eigenvalue weighted by atomic mass is 10.2. The predicted molar refractivity (Wildman–Crippen MR) is 56.6 cm³/mol. The van der Waals surface area contributed by atoms with Crippen molar-refractivity contribution in [2.45, 2.75) is 37.8 Å². The second-order valence-corrected chi connectivity index (χ2v) is 10.5. The van der Waals surface area contributed by atoms with E-state index >= 15 is 0 Å². The van der Waals surface area contributed by atoms with Crippen molar-refractivity contribution in [1.82, 2.24) is 0 Å². The average molecular weight is 237 g/mol. The molecule has 3 heteroatoms. The van der Waals surface area contributed by atoms with Crippen LogP contribution in [0.3, 0.4) is 0 Å². The van der Waals surface area contributed by atoms with Crippen LogP contribution >= 0.6 is 15.9 Å². The van der Waals surface area contributed by atoms with Gasteiger partial charge in [0.2, 0.25) is 8.32 Å². The lowest BCUT2D eigenvalue weighted by Gasteiger charge is -2.27. The first kappa shape index (κ1) is 11.2. The highest BCUT2D eigenvalue weighted by molar-refractivity contribution is 9.10. The van der Waals surface area contributed by atoms with E-state index in [1.54, 1.807) is 0 Å². The van der Waals surface area contributed by atoms with Crippen LogP contribution in [0, 0.1) is 0 Å². The van der Waals surface area contributed by atoms with Gasteiger partial charge in [0, 0.05) is 0 Å². The summed E-state index contributed by atoms with van der Waals surface area (Å²) in [4.78, 5) is 0. The van der Waals surface area contributed by atoms with Gasteiger partial charge < -0.3 is 4.43 Å². The van der Waals surface area contributed by atoms with Crippen LogP contribution in [0.1, 0.15) is 13.8 Å². The second kappa shape index (κ2) is 3.31. The molecule has 66 valence electrons. The van der Waals surface area contributed by atoms with Crippen LogP contribution in [-0.4, -0.2) is 12.6 Å². The summed E-state index contributed by atoms with van der Waals surface area (Å²) in [5.74, 6) is 0.830. The summed E-state index contributed by atoms with van der Waals surface area (Å²) >= 11 is 3.49. The lowest BCUT2D eigenvalue weighted by molar-refractivity contribution is 0.384. The zero-order valence-corrected chi connectivity index (χ0v) is 10.6. The van der Waals surface area contributed by atoms with E-state index < -0.39 is 8.32 Å². The summed E-state index contributed by atoms with van der Waals surface area (Å²) in [6.45, 7) is 14.4. The van der Waals surface area contributed by atoms with Gasteiger partial charge >= 0.3 is 0 Å². The summed E-state index contributed by atoms with van der Waals surface area (Å²) in [5, 5.41) is 0. The third-order valence-electron chi connectivity index (χ3n) is 1.09. The molecule has 0 saturated heterocycles. The molecule has 0 aromatic rings. The molecular formula is C8H17BrOSi. The zero-order chi connectivity index (χ0) is 9.28. The van der Waals surface area contributed by atoms with Gasteiger partial charge in [0.1, 0.15) is 0 Å². The Balaban J connectivity index is 4.11. The molecule has 0 unspecified atom stereocenters. The molecule has 0 spiro atoms. The first-order chi connectivity index (χ1) is 4.63. The molecule has 0 saturated carbocycles. The van der Waals surface area contributed by atoms with Crippen LogP contribution in [0.15, 0.2) is 12.3 Å². The maximum atomic E-state index is 5.70. The molecule has 1 nitrogen and oxygen atoms in total. The van der Waals surface area contributed by atoms with Crippen LogP contribution in [0.4, 0.5) is 0 Å². The Morgan fingerprint density at radius 2 is 1.73 bits per heavy atom. The number of allylic oxidation sites excluding steroid dienone is 1. The van der Waals surface area contributed by atoms with Crippen LogP contribution in [0.5, 0.6) is 0 Å². The summed E-state index contributed by atoms with van der Waals surface area (Å²) in [7, 11) is -1.46. The molecule has 0 fully saturated rings. The molecule has 0 aliphatic carbocycles. The van der Waals surface area contributed by atoms with E-state index in [9.17, 15) is 0 Å². The van der Waals surface area contributed by atoms with Gasteiger partial charge in [0.15, 0.2) is 0 Å². The molecule has 0 aliphatic heterocycles. The van der Waals surface area contributed by atoms with Crippen molar-refractivity contribution in [1.29, 1.82) is 0 Å². The van der Waals surface area contributed by atoms with Crippen molar-refractivity contribution < 1.29 is 4.43 Å². The van der Waals surface area contributed by atoms with E-state index in [-0.39, 0.29) is 4.32 Å². The molecular weight excluding hydrogens is 220 g/mol. The van der Waals surface area contributed by atoms with E-state index in [0.717, 1.165) is 5.76 Å². The van der Waals surface area contributed by atoms with Crippen LogP contribution in [0.2, 0.25) is 19.6 Å². The third kappa shape index (κ3) is 5.50. The molecule has 0 bridgehead atoms. The van der Waals surface area contributed by atoms with Gasteiger partial charge in [-0.2, -0.15) is 0 Å². The Morgan fingerprint density at radius 3 is 1.82 bits per heavy atom. The van der Waals surface area contributed by atoms with Crippen LogP contribution in [0.25, 0.3) is 0 Å². The quantitative estimate of drug-likeness (QED) is 0.414. The summed E-state index contributed by atoms with van der Waals surface area (Å²) < 4.78 is 5.60. The number of rotatable bonds is 3. The topological polar surface area (TPSA) is 9.23 Å². The maximum absolute atomic E-state index is 5.70. The van der Waals surface area contributed by atoms with Gasteiger partial charge in [-0.3, -0.25) is 0 Å². The highest BCUT2D eigenvalue weighted by Gasteiger charge is 2.24. The molecule has 0 heterocycles. The van der Waals surface area contributed by atoms with Crippen molar-refractivity contribution in [2.24, 2.45) is 0 Å². The van der Waals surface area contributed by atoms with Crippen molar-refractivity contribution in [3.05, 3.63) is 12.3 Å². The molecule has 0 aromatic carbocycles. The molecule has 0 rings (SSSR count). The summed E-state index contributed by atoms with van der Waals surface area (Å²) in [6.07, 6.45) is 0. The molecule has 0 aliphatic rings. The highest BCUT2D eigenvalue weighted by Crippen LogP contribution is 2.27. The SMILES string of the molecule is C=C(O[Si](C)(C)C)C(C)(C)Br. The fourth-order valence-electron chi connectivity index (χ4n) is 0.491. The molecule has 0 radical (unpaired) electrons. The van der Waals surface area contributed by atoms with Crippen LogP contribution < -0.4 is 0 Å². The smallest absolute Gasteiger partial charge is 0.241 e. The minimum atomic E-state index is -1.46. The molecule has 0 N–H and O–H groups in total. The number of hydrogen-bond acceptors (Lipinski definition) is 1. The highest BCUT2D eigenvalue weighted by atomic mass is 79.9. The monoisotopic (exact) mass is 236 g/mol. The normalized spacial score (nSPS) is 12.9. The van der Waals surface area contributed by atoms with Crippen molar-refractivity contribution in [2.75, 3.05) is 0 Å². The van der Waals surface area contributed by atoms with Crippen LogP contribution in [-0.2, 0) is 4.43 Å². The maximum Gasteiger partial charge on any atom is 0.241 e. The Hall–Kier alpha value is 0.237. The van der Waals surface area contributed by atoms with Crippen molar-refractivity contribution in [3.63, 3.8) is 0 Å². The second-order valence-electron chi connectivity index (χ2n) is 4.11. The van der Waals surface area contributed by atoms with E-state index in [4.69, 9.17) is 4.43 Å². The zero-order valence-electron chi connectivity index (χ0n) is 7.99. The largest absolute Gasteiger partial charge is 0.547 e. The summed E-state index contributed by atoms with van der Waals surface area (Å²) in [5.41, 5.74) is 0. The standard InChI is InChI=1S/C8H17BrOSi/c1-7(8(2,3)9)10-11(4,5)6/h1H2,2-6H3. The van der Waals surface area contributed by atoms with Gasteiger partial charge in [-0.05, 0) is 33.5 Å². The van der Waals surface area contributed by atoms with E-state index in [1.165, 1.54) is 0 Å². The molecule has 0 amide bonds. The first-order valence-electron chi connectivity index (χ1n) is 3.70. The Labute approximate surface area is 79.1 Å². The first-order valence-corrected chi connectivity index (χ1v) is 7.90. The van der Waals surface area contributed by atoms with Gasteiger partial charge in [0.05, 0.1) is 10.1 Å². The van der Waals surface area contributed by atoms with E-state index in [2.05, 4.69) is 42.1 Å². The minimum Gasteiger partial charge on any atom is -0.547 e.